The molecule has 1 aliphatic rings. The van der Waals surface area contributed by atoms with E-state index in [-0.39, 0.29) is 6.17 Å². The first-order valence-corrected chi connectivity index (χ1v) is 24.9. The third kappa shape index (κ3) is 9.83. The monoisotopic (exact) mass is 934 g/mol. The van der Waals surface area contributed by atoms with Gasteiger partial charge in [-0.15, -0.1) is 0 Å². The number of amidine groups is 1. The molecule has 0 fully saturated rings. The van der Waals surface area contributed by atoms with Gasteiger partial charge in [-0.3, -0.25) is 9.98 Å². The van der Waals surface area contributed by atoms with Crippen LogP contribution in [0.5, 0.6) is 0 Å². The van der Waals surface area contributed by atoms with E-state index in [0.29, 0.717) is 12.4 Å². The molecule has 0 bridgehead atoms. The lowest BCUT2D eigenvalue weighted by atomic mass is 9.91. The van der Waals surface area contributed by atoms with Crippen molar-refractivity contribution in [3.8, 4) is 44.5 Å². The van der Waals surface area contributed by atoms with Gasteiger partial charge in [-0.25, -0.2) is 4.99 Å². The van der Waals surface area contributed by atoms with Crippen LogP contribution in [0.2, 0.25) is 0 Å². The second-order valence-electron chi connectivity index (χ2n) is 18.4. The molecule has 0 saturated heterocycles. The number of nitrogens with one attached hydrogen (secondary N) is 1. The number of hydrogen-bond acceptors (Lipinski definition) is 3. The van der Waals surface area contributed by atoms with Crippen LogP contribution >= 0.6 is 0 Å². The molecule has 4 heteroatoms. The summed E-state index contributed by atoms with van der Waals surface area (Å²) in [6, 6.07) is 94.6. The summed E-state index contributed by atoms with van der Waals surface area (Å²) in [5, 5.41) is 8.60. The first-order chi connectivity index (χ1) is 36.1. The quantitative estimate of drug-likeness (QED) is 0.102. The predicted octanol–water partition coefficient (Wildman–Crippen LogP) is 16.9. The molecule has 1 aliphatic heterocycles. The second-order valence-corrected chi connectivity index (χ2v) is 18.4. The molecule has 12 rings (SSSR count). The molecular weight excluding hydrogens is 885 g/mol. The maximum Gasteiger partial charge on any atom is 0.154 e. The molecule has 0 aliphatic carbocycles. The van der Waals surface area contributed by atoms with Gasteiger partial charge in [0.05, 0.1) is 12.3 Å². The summed E-state index contributed by atoms with van der Waals surface area (Å²) in [4.78, 5) is 15.0. The van der Waals surface area contributed by atoms with Gasteiger partial charge in [0, 0.05) is 17.5 Å². The molecule has 1 N–H and O–H groups in total. The molecule has 0 spiro atoms. The van der Waals surface area contributed by atoms with Gasteiger partial charge in [0.1, 0.15) is 6.17 Å². The van der Waals surface area contributed by atoms with E-state index in [4.69, 9.17) is 15.0 Å². The van der Waals surface area contributed by atoms with Crippen LogP contribution in [0, 0.1) is 0 Å². The minimum atomic E-state index is -0.210. The van der Waals surface area contributed by atoms with Gasteiger partial charge in [-0.1, -0.05) is 255 Å². The maximum absolute atomic E-state index is 5.21. The molecule has 1 heterocycles. The molecule has 0 saturated carbocycles. The van der Waals surface area contributed by atoms with Crippen LogP contribution in [0.15, 0.2) is 288 Å². The van der Waals surface area contributed by atoms with E-state index in [1.807, 2.05) is 48.7 Å². The van der Waals surface area contributed by atoms with Crippen molar-refractivity contribution >= 4 is 45.0 Å². The number of rotatable bonds is 11. The van der Waals surface area contributed by atoms with E-state index in [0.717, 1.165) is 50.4 Å². The zero-order valence-corrected chi connectivity index (χ0v) is 40.2. The summed E-state index contributed by atoms with van der Waals surface area (Å²) in [7, 11) is 0. The number of fused-ring (bicyclic) bond motifs is 2. The predicted molar refractivity (Wildman–Crippen MR) is 307 cm³/mol. The summed E-state index contributed by atoms with van der Waals surface area (Å²) in [5.74, 6) is 0.715. The number of hydrogen-bond donors (Lipinski definition) is 1. The third-order valence-corrected chi connectivity index (χ3v) is 13.7. The van der Waals surface area contributed by atoms with Crippen molar-refractivity contribution in [3.63, 3.8) is 0 Å². The Morgan fingerprint density at radius 1 is 0.425 bits per heavy atom. The molecule has 0 amide bonds. The Hall–Kier alpha value is -9.51. The Labute approximate surface area is 426 Å². The van der Waals surface area contributed by atoms with Gasteiger partial charge in [0.25, 0.3) is 0 Å². The van der Waals surface area contributed by atoms with Crippen LogP contribution in [0.25, 0.3) is 71.7 Å². The molecule has 346 valence electrons. The van der Waals surface area contributed by atoms with E-state index < -0.39 is 0 Å². The van der Waals surface area contributed by atoms with Crippen molar-refractivity contribution in [1.82, 2.24) is 5.32 Å². The van der Waals surface area contributed by atoms with Gasteiger partial charge in [0.15, 0.2) is 5.84 Å². The average Bonchev–Trinajstić information content (AvgIpc) is 3.47. The first-order valence-electron chi connectivity index (χ1n) is 24.9. The molecule has 4 nitrogen and oxygen atoms in total. The summed E-state index contributed by atoms with van der Waals surface area (Å²) in [6.45, 7) is 0.571. The molecule has 73 heavy (non-hydrogen) atoms. The molecular formula is C69H50N4. The topological polar surface area (TPSA) is 49.1 Å². The minimum Gasteiger partial charge on any atom is -0.360 e. The van der Waals surface area contributed by atoms with Crippen molar-refractivity contribution in [3.05, 3.63) is 306 Å². The minimum absolute atomic E-state index is 0.210. The van der Waals surface area contributed by atoms with Gasteiger partial charge in [-0.05, 0) is 112 Å². The summed E-state index contributed by atoms with van der Waals surface area (Å²) in [5.41, 5.74) is 18.0. The Balaban J connectivity index is 0.779. The zero-order chi connectivity index (χ0) is 48.8. The lowest BCUT2D eigenvalue weighted by Gasteiger charge is -2.25. The van der Waals surface area contributed by atoms with Gasteiger partial charge in [0.2, 0.25) is 0 Å². The summed E-state index contributed by atoms with van der Waals surface area (Å²) in [6.07, 6.45) is 3.88. The van der Waals surface area contributed by atoms with Crippen LogP contribution in [-0.2, 0) is 6.54 Å². The van der Waals surface area contributed by atoms with Crippen molar-refractivity contribution < 1.29 is 0 Å². The second kappa shape index (κ2) is 20.4. The molecule has 0 radical (unpaired) electrons. The molecule has 1 unspecified atom stereocenters. The van der Waals surface area contributed by atoms with E-state index in [2.05, 4.69) is 236 Å². The Bertz CT molecular complexity index is 3840. The highest BCUT2D eigenvalue weighted by molar-refractivity contribution is 6.13. The largest absolute Gasteiger partial charge is 0.360 e. The summed E-state index contributed by atoms with van der Waals surface area (Å²) < 4.78 is 0. The fourth-order valence-corrected chi connectivity index (χ4v) is 9.80. The van der Waals surface area contributed by atoms with Gasteiger partial charge >= 0.3 is 0 Å². The fraction of sp³-hybridized carbons (Fsp3) is 0.0290. The molecule has 1 atom stereocenters. The van der Waals surface area contributed by atoms with Crippen LogP contribution in [0.4, 0.5) is 0 Å². The van der Waals surface area contributed by atoms with Crippen LogP contribution in [0.1, 0.15) is 39.5 Å². The zero-order valence-electron chi connectivity index (χ0n) is 40.2. The third-order valence-electron chi connectivity index (χ3n) is 13.7. The SMILES string of the molecule is C(=NC(=NCc1ccccc1)c1ccccc1)c1ccc(-c2ccc3c(-c4cccc5cc(-c6ccc(C7=CC(c8ccc(-c9ccccc9)cc8)=NC(c8ccccc8)N7)cc6)ccc45)cccc3c2)cc1. The highest BCUT2D eigenvalue weighted by Gasteiger charge is 2.20. The van der Waals surface area contributed by atoms with Crippen molar-refractivity contribution in [2.24, 2.45) is 15.0 Å². The van der Waals surface area contributed by atoms with Crippen molar-refractivity contribution in [2.45, 2.75) is 12.7 Å². The lowest BCUT2D eigenvalue weighted by Crippen LogP contribution is -2.24. The lowest BCUT2D eigenvalue weighted by molar-refractivity contribution is 0.664. The Morgan fingerprint density at radius 3 is 1.51 bits per heavy atom. The molecule has 0 aromatic heterocycles. The van der Waals surface area contributed by atoms with Crippen LogP contribution in [0.3, 0.4) is 0 Å². The highest BCUT2D eigenvalue weighted by Crippen LogP contribution is 2.38. The average molecular weight is 935 g/mol. The van der Waals surface area contributed by atoms with Crippen molar-refractivity contribution in [1.29, 1.82) is 0 Å². The van der Waals surface area contributed by atoms with Crippen LogP contribution < -0.4 is 5.32 Å². The van der Waals surface area contributed by atoms with E-state index in [1.165, 1.54) is 60.5 Å². The fourth-order valence-electron chi connectivity index (χ4n) is 9.80. The van der Waals surface area contributed by atoms with Gasteiger partial charge in [-0.2, -0.15) is 0 Å². The maximum atomic E-state index is 5.21. The Kier molecular flexibility index (Phi) is 12.5. The first kappa shape index (κ1) is 44.7. The van der Waals surface area contributed by atoms with E-state index in [1.54, 1.807) is 0 Å². The summed E-state index contributed by atoms with van der Waals surface area (Å²) >= 11 is 0. The van der Waals surface area contributed by atoms with Gasteiger partial charge < -0.3 is 5.32 Å². The smallest absolute Gasteiger partial charge is 0.154 e. The number of aliphatic imine (C=N–C) groups is 3. The molecule has 11 aromatic rings. The van der Waals surface area contributed by atoms with E-state index in [9.17, 15) is 0 Å². The van der Waals surface area contributed by atoms with Crippen LogP contribution in [-0.4, -0.2) is 17.8 Å². The molecule has 11 aromatic carbocycles. The normalized spacial score (nSPS) is 13.7. The van der Waals surface area contributed by atoms with Crippen molar-refractivity contribution in [2.75, 3.05) is 0 Å². The number of allylic oxidation sites excluding steroid dienone is 1. The Morgan fingerprint density at radius 2 is 0.904 bits per heavy atom. The number of benzene rings is 11. The van der Waals surface area contributed by atoms with E-state index >= 15 is 0 Å². The number of nitrogens with zero attached hydrogens (tertiary/aromatic N) is 3. The highest BCUT2D eigenvalue weighted by atomic mass is 15.1. The standard InChI is InChI=1S/C69H50N4/c1-5-15-48(16-6-1)46-70-68(56-19-9-3-10-20-56)71-47-49-27-29-52(30-28-49)58-39-41-62-60(43-58)23-13-25-64(62)65-26-14-24-61-44-59(40-42-63(61)65)53-33-37-55(38-34-53)67-45-66(72-69(73-67)57-21-11-4-12-22-57)54-35-31-51(32-36-54)50-17-7-2-8-18-50/h1-45,47,69,73H,46H2.